The number of nitrogens with zero attached hydrogens (tertiary/aromatic N) is 2. The summed E-state index contributed by atoms with van der Waals surface area (Å²) in [6.07, 6.45) is 1.64. The van der Waals surface area contributed by atoms with Crippen molar-refractivity contribution in [1.82, 2.24) is 4.98 Å². The van der Waals surface area contributed by atoms with Gasteiger partial charge in [0, 0.05) is 13.1 Å². The van der Waals surface area contributed by atoms with Gasteiger partial charge in [0.2, 0.25) is 0 Å². The Morgan fingerprint density at radius 3 is 2.49 bits per heavy atom. The van der Waals surface area contributed by atoms with Gasteiger partial charge >= 0.3 is 5.97 Å². The number of carboxylic acids is 1. The van der Waals surface area contributed by atoms with Crippen LogP contribution in [0.1, 0.15) is 31.4 Å². The number of aliphatic carboxylic acids is 1. The second-order valence-corrected chi connectivity index (χ2v) is 8.90. The van der Waals surface area contributed by atoms with Crippen LogP contribution in [-0.4, -0.2) is 35.3 Å². The van der Waals surface area contributed by atoms with Crippen molar-refractivity contribution in [2.75, 3.05) is 18.6 Å². The molecule has 3 aromatic carbocycles. The van der Waals surface area contributed by atoms with Crippen molar-refractivity contribution < 1.29 is 23.8 Å². The number of hydrogen-bond donors (Lipinski definition) is 1. The topological polar surface area (TPSA) is 85.0 Å². The van der Waals surface area contributed by atoms with E-state index in [0.29, 0.717) is 18.3 Å². The van der Waals surface area contributed by atoms with Crippen LogP contribution >= 0.6 is 0 Å². The molecule has 182 valence electrons. The minimum atomic E-state index is -1.29. The van der Waals surface area contributed by atoms with Gasteiger partial charge in [0.25, 0.3) is 6.01 Å². The second-order valence-electron chi connectivity index (χ2n) is 8.90. The Bertz CT molecular complexity index is 1250. The Labute approximate surface area is 204 Å². The summed E-state index contributed by atoms with van der Waals surface area (Å²) in [6, 6.07) is 23.9. The number of para-hydroxylation sites is 2. The van der Waals surface area contributed by atoms with Crippen LogP contribution in [0.3, 0.4) is 0 Å². The SMILES string of the molecule is COc1ccc(CN(CCCc2cccc(OC(C)(C)C(=O)O)c2)c2nc3ccccc3o2)cc1. The molecule has 4 rings (SSSR count). The standard InChI is InChI=1S/C28H30N2O5/c1-28(2,26(31)32)35-23-10-6-8-20(18-23)9-7-17-30(19-21-13-15-22(33-3)16-14-21)27-29-24-11-4-5-12-25(24)34-27/h4-6,8,10-16,18H,7,9,17,19H2,1-3H3,(H,31,32). The number of ether oxygens (including phenoxy) is 2. The Morgan fingerprint density at radius 2 is 1.77 bits per heavy atom. The van der Waals surface area contributed by atoms with Crippen LogP contribution in [-0.2, 0) is 17.8 Å². The van der Waals surface area contributed by atoms with E-state index >= 15 is 0 Å². The van der Waals surface area contributed by atoms with E-state index in [1.165, 1.54) is 0 Å². The fourth-order valence-corrected chi connectivity index (χ4v) is 3.77. The van der Waals surface area contributed by atoms with Crippen LogP contribution in [0.5, 0.6) is 11.5 Å². The number of anilines is 1. The molecule has 1 N–H and O–H groups in total. The molecule has 0 aliphatic rings. The van der Waals surface area contributed by atoms with Gasteiger partial charge in [0.05, 0.1) is 7.11 Å². The first kappa shape index (κ1) is 24.1. The quantitative estimate of drug-likeness (QED) is 0.298. The smallest absolute Gasteiger partial charge is 0.347 e. The first-order valence-corrected chi connectivity index (χ1v) is 11.6. The maximum atomic E-state index is 11.4. The maximum Gasteiger partial charge on any atom is 0.347 e. The molecule has 0 atom stereocenters. The zero-order valence-electron chi connectivity index (χ0n) is 20.2. The Morgan fingerprint density at radius 1 is 1.00 bits per heavy atom. The van der Waals surface area contributed by atoms with E-state index in [2.05, 4.69) is 4.90 Å². The van der Waals surface area contributed by atoms with Crippen LogP contribution in [0, 0.1) is 0 Å². The molecular formula is C28H30N2O5. The molecule has 0 amide bonds. The molecule has 1 aromatic heterocycles. The summed E-state index contributed by atoms with van der Waals surface area (Å²) in [6.45, 7) is 4.45. The lowest BCUT2D eigenvalue weighted by atomic mass is 10.1. The number of aromatic nitrogens is 1. The summed E-state index contributed by atoms with van der Waals surface area (Å²) in [5.41, 5.74) is 2.49. The lowest BCUT2D eigenvalue weighted by Crippen LogP contribution is -2.37. The van der Waals surface area contributed by atoms with E-state index < -0.39 is 11.6 Å². The Kier molecular flexibility index (Phi) is 7.25. The van der Waals surface area contributed by atoms with E-state index in [9.17, 15) is 9.90 Å². The summed E-state index contributed by atoms with van der Waals surface area (Å²) < 4.78 is 17.0. The second kappa shape index (κ2) is 10.5. The third-order valence-electron chi connectivity index (χ3n) is 5.77. The summed E-state index contributed by atoms with van der Waals surface area (Å²) >= 11 is 0. The number of oxazole rings is 1. The number of aryl methyl sites for hydroxylation is 1. The molecule has 35 heavy (non-hydrogen) atoms. The highest BCUT2D eigenvalue weighted by Crippen LogP contribution is 2.25. The highest BCUT2D eigenvalue weighted by Gasteiger charge is 2.29. The highest BCUT2D eigenvalue weighted by atomic mass is 16.5. The summed E-state index contributed by atoms with van der Waals surface area (Å²) in [5, 5.41) is 9.33. The van der Waals surface area contributed by atoms with Crippen LogP contribution in [0.25, 0.3) is 11.1 Å². The monoisotopic (exact) mass is 474 g/mol. The van der Waals surface area contributed by atoms with Crippen molar-refractivity contribution in [2.24, 2.45) is 0 Å². The van der Waals surface area contributed by atoms with Gasteiger partial charge in [-0.15, -0.1) is 0 Å². The van der Waals surface area contributed by atoms with Crippen LogP contribution < -0.4 is 14.4 Å². The van der Waals surface area contributed by atoms with Crippen molar-refractivity contribution in [1.29, 1.82) is 0 Å². The molecule has 0 bridgehead atoms. The molecule has 0 spiro atoms. The molecule has 0 aliphatic carbocycles. The van der Waals surface area contributed by atoms with Crippen molar-refractivity contribution in [3.05, 3.63) is 83.9 Å². The molecular weight excluding hydrogens is 444 g/mol. The van der Waals surface area contributed by atoms with Crippen LogP contribution in [0.2, 0.25) is 0 Å². The van der Waals surface area contributed by atoms with Gasteiger partial charge in [-0.3, -0.25) is 0 Å². The van der Waals surface area contributed by atoms with Gasteiger partial charge in [-0.1, -0.05) is 36.4 Å². The summed E-state index contributed by atoms with van der Waals surface area (Å²) in [4.78, 5) is 18.2. The first-order valence-electron chi connectivity index (χ1n) is 11.6. The maximum absolute atomic E-state index is 11.4. The van der Waals surface area contributed by atoms with E-state index in [0.717, 1.165) is 47.4 Å². The third-order valence-corrected chi connectivity index (χ3v) is 5.77. The van der Waals surface area contributed by atoms with E-state index in [4.69, 9.17) is 18.9 Å². The third kappa shape index (κ3) is 6.12. The summed E-state index contributed by atoms with van der Waals surface area (Å²) in [7, 11) is 1.66. The molecule has 0 unspecified atom stereocenters. The molecule has 1 heterocycles. The Balaban J connectivity index is 1.47. The van der Waals surface area contributed by atoms with Gasteiger partial charge in [0.1, 0.15) is 17.0 Å². The highest BCUT2D eigenvalue weighted by molar-refractivity contribution is 5.76. The predicted octanol–water partition coefficient (Wildman–Crippen LogP) is 5.72. The van der Waals surface area contributed by atoms with E-state index in [-0.39, 0.29) is 0 Å². The number of methoxy groups -OCH3 is 1. The molecule has 7 nitrogen and oxygen atoms in total. The van der Waals surface area contributed by atoms with Crippen molar-refractivity contribution in [3.63, 3.8) is 0 Å². The molecule has 0 saturated heterocycles. The zero-order valence-corrected chi connectivity index (χ0v) is 20.2. The van der Waals surface area contributed by atoms with Gasteiger partial charge in [-0.2, -0.15) is 4.98 Å². The average molecular weight is 475 g/mol. The van der Waals surface area contributed by atoms with Crippen molar-refractivity contribution in [3.8, 4) is 11.5 Å². The summed E-state index contributed by atoms with van der Waals surface area (Å²) in [5.74, 6) is 0.356. The molecule has 0 radical (unpaired) electrons. The number of carboxylic acid groups (broad SMARTS) is 1. The minimum Gasteiger partial charge on any atom is -0.497 e. The largest absolute Gasteiger partial charge is 0.497 e. The fraction of sp³-hybridized carbons (Fsp3) is 0.286. The number of fused-ring (bicyclic) bond motifs is 1. The predicted molar refractivity (Wildman–Crippen MR) is 135 cm³/mol. The first-order chi connectivity index (χ1) is 16.8. The number of carbonyl (C=O) groups is 1. The van der Waals surface area contributed by atoms with E-state index in [1.54, 1.807) is 27.0 Å². The van der Waals surface area contributed by atoms with Crippen molar-refractivity contribution in [2.45, 2.75) is 38.8 Å². The molecule has 0 saturated carbocycles. The van der Waals surface area contributed by atoms with Gasteiger partial charge in [0.15, 0.2) is 11.2 Å². The number of rotatable bonds is 11. The zero-order chi connectivity index (χ0) is 24.8. The Hall–Kier alpha value is -4.00. The lowest BCUT2D eigenvalue weighted by molar-refractivity contribution is -0.152. The number of hydrogen-bond acceptors (Lipinski definition) is 6. The molecule has 0 aliphatic heterocycles. The fourth-order valence-electron chi connectivity index (χ4n) is 3.77. The van der Waals surface area contributed by atoms with E-state index in [1.807, 2.05) is 66.7 Å². The normalized spacial score (nSPS) is 11.4. The number of benzene rings is 3. The average Bonchev–Trinajstić information content (AvgIpc) is 3.28. The molecule has 4 aromatic rings. The lowest BCUT2D eigenvalue weighted by Gasteiger charge is -2.22. The van der Waals surface area contributed by atoms with Crippen LogP contribution in [0.4, 0.5) is 6.01 Å². The van der Waals surface area contributed by atoms with Gasteiger partial charge in [-0.25, -0.2) is 4.79 Å². The van der Waals surface area contributed by atoms with Crippen molar-refractivity contribution >= 4 is 23.1 Å². The molecule has 7 heteroatoms. The molecule has 0 fully saturated rings. The van der Waals surface area contributed by atoms with Gasteiger partial charge in [-0.05, 0) is 74.2 Å². The van der Waals surface area contributed by atoms with Crippen LogP contribution in [0.15, 0.2) is 77.2 Å². The van der Waals surface area contributed by atoms with Gasteiger partial charge < -0.3 is 23.9 Å². The minimum absolute atomic E-state index is 0.545.